The Kier molecular flexibility index (Phi) is 3.78. The molecule has 2 rings (SSSR count). The van der Waals surface area contributed by atoms with Gasteiger partial charge in [0.05, 0.1) is 11.6 Å². The fraction of sp³-hybridized carbons (Fsp3) is 0.500. The molecule has 1 aliphatic rings. The topological polar surface area (TPSA) is 53.0 Å². The Morgan fingerprint density at radius 2 is 2.35 bits per heavy atom. The maximum atomic E-state index is 8.83. The minimum atomic E-state index is 0.661. The van der Waals surface area contributed by atoms with Crippen LogP contribution in [0.5, 0.6) is 0 Å². The van der Waals surface area contributed by atoms with Crippen molar-refractivity contribution in [2.75, 3.05) is 19.6 Å². The highest BCUT2D eigenvalue weighted by atomic mass is 15.1. The summed E-state index contributed by atoms with van der Waals surface area (Å²) in [5, 5.41) is 8.83. The lowest BCUT2D eigenvalue weighted by Crippen LogP contribution is -2.23. The maximum absolute atomic E-state index is 8.83. The molecule has 0 bridgehead atoms. The molecule has 0 radical (unpaired) electrons. The number of likely N-dealkylation sites (tertiary alicyclic amines) is 1. The number of hydrogen-bond donors (Lipinski definition) is 1. The quantitative estimate of drug-likeness (QED) is 0.857. The van der Waals surface area contributed by atoms with Crippen molar-refractivity contribution in [2.24, 2.45) is 11.7 Å². The minimum Gasteiger partial charge on any atom is -0.330 e. The first-order valence-electron chi connectivity index (χ1n) is 6.15. The zero-order valence-corrected chi connectivity index (χ0v) is 10.3. The lowest BCUT2D eigenvalue weighted by molar-refractivity contribution is 0.317. The number of hydrogen-bond acceptors (Lipinski definition) is 3. The van der Waals surface area contributed by atoms with Crippen LogP contribution in [-0.2, 0) is 6.54 Å². The molecule has 0 aliphatic carbocycles. The Labute approximate surface area is 103 Å². The van der Waals surface area contributed by atoms with Crippen LogP contribution in [0.3, 0.4) is 0 Å². The van der Waals surface area contributed by atoms with E-state index in [0.717, 1.165) is 31.7 Å². The predicted molar refractivity (Wildman–Crippen MR) is 68.3 cm³/mol. The molecule has 0 spiro atoms. The van der Waals surface area contributed by atoms with Crippen molar-refractivity contribution in [3.63, 3.8) is 0 Å². The predicted octanol–water partition coefficient (Wildman–Crippen LogP) is 1.65. The Hall–Kier alpha value is -1.37. The SMILES string of the molecule is Cc1cc(C#N)ccc1CN1CCC(CN)C1. The fourth-order valence-corrected chi connectivity index (χ4v) is 2.43. The molecule has 1 heterocycles. The molecule has 17 heavy (non-hydrogen) atoms. The smallest absolute Gasteiger partial charge is 0.0991 e. The summed E-state index contributed by atoms with van der Waals surface area (Å²) in [6, 6.07) is 8.11. The van der Waals surface area contributed by atoms with Gasteiger partial charge in [-0.05, 0) is 55.6 Å². The van der Waals surface area contributed by atoms with E-state index in [1.165, 1.54) is 17.5 Å². The van der Waals surface area contributed by atoms with Gasteiger partial charge in [-0.3, -0.25) is 4.90 Å². The minimum absolute atomic E-state index is 0.661. The number of rotatable bonds is 3. The normalized spacial score (nSPS) is 20.4. The molecule has 3 nitrogen and oxygen atoms in total. The summed E-state index contributed by atoms with van der Waals surface area (Å²) in [6.07, 6.45) is 1.21. The van der Waals surface area contributed by atoms with Gasteiger partial charge in [0.1, 0.15) is 0 Å². The lowest BCUT2D eigenvalue weighted by atomic mass is 10.1. The second-order valence-electron chi connectivity index (χ2n) is 4.88. The summed E-state index contributed by atoms with van der Waals surface area (Å²) in [5.41, 5.74) is 8.97. The van der Waals surface area contributed by atoms with E-state index in [1.807, 2.05) is 12.1 Å². The van der Waals surface area contributed by atoms with Crippen LogP contribution in [0.1, 0.15) is 23.1 Å². The van der Waals surface area contributed by atoms with E-state index in [2.05, 4.69) is 24.0 Å². The largest absolute Gasteiger partial charge is 0.330 e. The molecule has 90 valence electrons. The highest BCUT2D eigenvalue weighted by Gasteiger charge is 2.21. The molecule has 0 saturated carbocycles. The maximum Gasteiger partial charge on any atom is 0.0991 e. The molecular formula is C14H19N3. The van der Waals surface area contributed by atoms with Crippen molar-refractivity contribution in [3.8, 4) is 6.07 Å². The summed E-state index contributed by atoms with van der Waals surface area (Å²) in [4.78, 5) is 2.45. The summed E-state index contributed by atoms with van der Waals surface area (Å²) in [7, 11) is 0. The second kappa shape index (κ2) is 5.31. The molecule has 1 atom stereocenters. The van der Waals surface area contributed by atoms with E-state index >= 15 is 0 Å². The standard InChI is InChI=1S/C14H19N3/c1-11-6-12(7-15)2-3-14(11)10-17-5-4-13(8-16)9-17/h2-3,6,13H,4-5,8-10,16H2,1H3. The van der Waals surface area contributed by atoms with Gasteiger partial charge < -0.3 is 5.73 Å². The number of aryl methyl sites for hydroxylation is 1. The van der Waals surface area contributed by atoms with Crippen molar-refractivity contribution >= 4 is 0 Å². The van der Waals surface area contributed by atoms with Crippen molar-refractivity contribution in [1.82, 2.24) is 4.90 Å². The fourth-order valence-electron chi connectivity index (χ4n) is 2.43. The third kappa shape index (κ3) is 2.85. The highest BCUT2D eigenvalue weighted by molar-refractivity contribution is 5.37. The van der Waals surface area contributed by atoms with Crippen molar-refractivity contribution in [2.45, 2.75) is 19.9 Å². The summed E-state index contributed by atoms with van der Waals surface area (Å²) in [6.45, 7) is 6.10. The van der Waals surface area contributed by atoms with Crippen molar-refractivity contribution in [3.05, 3.63) is 34.9 Å². The first-order chi connectivity index (χ1) is 8.22. The zero-order valence-electron chi connectivity index (χ0n) is 10.3. The molecule has 1 fully saturated rings. The molecule has 0 amide bonds. The van der Waals surface area contributed by atoms with E-state index < -0.39 is 0 Å². The molecule has 1 saturated heterocycles. The van der Waals surface area contributed by atoms with Crippen LogP contribution >= 0.6 is 0 Å². The molecule has 1 aromatic rings. The van der Waals surface area contributed by atoms with E-state index in [4.69, 9.17) is 11.0 Å². The van der Waals surface area contributed by atoms with Gasteiger partial charge in [0.2, 0.25) is 0 Å². The van der Waals surface area contributed by atoms with Gasteiger partial charge in [0.25, 0.3) is 0 Å². The Balaban J connectivity index is 2.02. The first kappa shape index (κ1) is 12.1. The first-order valence-corrected chi connectivity index (χ1v) is 6.15. The summed E-state index contributed by atoms with van der Waals surface area (Å²) in [5.74, 6) is 0.661. The van der Waals surface area contributed by atoms with Crippen molar-refractivity contribution in [1.29, 1.82) is 5.26 Å². The third-order valence-corrected chi connectivity index (χ3v) is 3.57. The van der Waals surface area contributed by atoms with Crippen LogP contribution in [-0.4, -0.2) is 24.5 Å². The van der Waals surface area contributed by atoms with Crippen LogP contribution in [0.2, 0.25) is 0 Å². The van der Waals surface area contributed by atoms with Gasteiger partial charge in [-0.2, -0.15) is 5.26 Å². The molecule has 1 aliphatic heterocycles. The number of nitrogens with zero attached hydrogens (tertiary/aromatic N) is 2. The average molecular weight is 229 g/mol. The van der Waals surface area contributed by atoms with Gasteiger partial charge in [0, 0.05) is 13.1 Å². The zero-order chi connectivity index (χ0) is 12.3. The Morgan fingerprint density at radius 3 is 2.94 bits per heavy atom. The van der Waals surface area contributed by atoms with Gasteiger partial charge in [-0.15, -0.1) is 0 Å². The average Bonchev–Trinajstić information content (AvgIpc) is 2.79. The molecule has 2 N–H and O–H groups in total. The molecule has 3 heteroatoms. The Morgan fingerprint density at radius 1 is 1.53 bits per heavy atom. The van der Waals surface area contributed by atoms with E-state index in [-0.39, 0.29) is 0 Å². The number of nitrogens with two attached hydrogens (primary N) is 1. The molecule has 0 aromatic heterocycles. The molecular weight excluding hydrogens is 210 g/mol. The third-order valence-electron chi connectivity index (χ3n) is 3.57. The van der Waals surface area contributed by atoms with Gasteiger partial charge in [-0.25, -0.2) is 0 Å². The van der Waals surface area contributed by atoms with Crippen LogP contribution in [0.25, 0.3) is 0 Å². The monoisotopic (exact) mass is 229 g/mol. The van der Waals surface area contributed by atoms with Gasteiger partial charge in [0.15, 0.2) is 0 Å². The molecule has 1 aromatic carbocycles. The highest BCUT2D eigenvalue weighted by Crippen LogP contribution is 2.19. The van der Waals surface area contributed by atoms with E-state index in [1.54, 1.807) is 0 Å². The van der Waals surface area contributed by atoms with E-state index in [0.29, 0.717) is 5.92 Å². The lowest BCUT2D eigenvalue weighted by Gasteiger charge is -2.17. The van der Waals surface area contributed by atoms with Crippen LogP contribution in [0.15, 0.2) is 18.2 Å². The van der Waals surface area contributed by atoms with Crippen LogP contribution < -0.4 is 5.73 Å². The number of nitriles is 1. The summed E-state index contributed by atoms with van der Waals surface area (Å²) >= 11 is 0. The van der Waals surface area contributed by atoms with Gasteiger partial charge >= 0.3 is 0 Å². The van der Waals surface area contributed by atoms with Crippen LogP contribution in [0.4, 0.5) is 0 Å². The second-order valence-corrected chi connectivity index (χ2v) is 4.88. The molecule has 1 unspecified atom stereocenters. The summed E-state index contributed by atoms with van der Waals surface area (Å²) < 4.78 is 0. The van der Waals surface area contributed by atoms with Crippen LogP contribution in [0, 0.1) is 24.2 Å². The number of benzene rings is 1. The van der Waals surface area contributed by atoms with Crippen molar-refractivity contribution < 1.29 is 0 Å². The van der Waals surface area contributed by atoms with E-state index in [9.17, 15) is 0 Å². The Bertz CT molecular complexity index is 434. The van der Waals surface area contributed by atoms with Gasteiger partial charge in [-0.1, -0.05) is 6.07 Å².